The molecule has 0 heterocycles. The van der Waals surface area contributed by atoms with Gasteiger partial charge in [0.15, 0.2) is 12.2 Å². The SMILES string of the molecule is CCCCCC/C=C\C=C/CCCCCCCC(=O)O[C@H](COC(=O)CCCCCCCCCCC(C)CC)COP(=O)(O)OC[C@@H](O)COP(=O)(O)OC[C@@H](COC(=O)CCCCCCC)OC(=O)CCCCCCC. The molecule has 0 amide bonds. The molecule has 77 heavy (non-hydrogen) atoms. The highest BCUT2D eigenvalue weighted by molar-refractivity contribution is 7.47. The molecule has 0 saturated heterocycles. The van der Waals surface area contributed by atoms with Gasteiger partial charge in [0, 0.05) is 25.7 Å². The number of ether oxygens (including phenoxy) is 4. The van der Waals surface area contributed by atoms with Crippen LogP contribution in [0.4, 0.5) is 0 Å². The molecule has 0 radical (unpaired) electrons. The summed E-state index contributed by atoms with van der Waals surface area (Å²) in [5.74, 6) is -1.42. The summed E-state index contributed by atoms with van der Waals surface area (Å²) in [6.07, 6.45) is 36.4. The Kier molecular flexibility index (Phi) is 50.0. The van der Waals surface area contributed by atoms with Gasteiger partial charge in [-0.05, 0) is 57.3 Å². The van der Waals surface area contributed by atoms with Crippen molar-refractivity contribution >= 4 is 39.5 Å². The third kappa shape index (κ3) is 51.4. The summed E-state index contributed by atoms with van der Waals surface area (Å²) in [7, 11) is -9.87. The van der Waals surface area contributed by atoms with Crippen molar-refractivity contribution in [2.24, 2.45) is 5.92 Å². The van der Waals surface area contributed by atoms with Crippen LogP contribution in [-0.4, -0.2) is 96.7 Å². The molecule has 17 nitrogen and oxygen atoms in total. The second-order valence-electron chi connectivity index (χ2n) is 20.6. The van der Waals surface area contributed by atoms with E-state index in [9.17, 15) is 43.2 Å². The van der Waals surface area contributed by atoms with E-state index in [1.54, 1.807) is 0 Å². The molecule has 0 fully saturated rings. The number of aliphatic hydroxyl groups excluding tert-OH is 1. The number of rotatable bonds is 56. The summed E-state index contributed by atoms with van der Waals surface area (Å²) in [6, 6.07) is 0. The number of phosphoric acid groups is 2. The number of hydrogen-bond donors (Lipinski definition) is 3. The molecule has 3 unspecified atom stereocenters. The number of allylic oxidation sites excluding steroid dienone is 4. The summed E-state index contributed by atoms with van der Waals surface area (Å²) in [4.78, 5) is 71.4. The van der Waals surface area contributed by atoms with Gasteiger partial charge in [-0.3, -0.25) is 37.3 Å². The summed E-state index contributed by atoms with van der Waals surface area (Å²) in [6.45, 7) is 6.89. The molecular weight excluding hydrogens is 1030 g/mol. The van der Waals surface area contributed by atoms with Crippen LogP contribution in [0, 0.1) is 5.92 Å². The Morgan fingerprint density at radius 1 is 0.416 bits per heavy atom. The zero-order valence-electron chi connectivity index (χ0n) is 48.6. The first-order chi connectivity index (χ1) is 37.1. The van der Waals surface area contributed by atoms with E-state index < -0.39 is 97.5 Å². The fraction of sp³-hybridized carbons (Fsp3) is 0.862. The number of esters is 4. The highest BCUT2D eigenvalue weighted by atomic mass is 31.2. The molecule has 0 aliphatic carbocycles. The van der Waals surface area contributed by atoms with E-state index in [-0.39, 0.29) is 25.7 Å². The Bertz CT molecular complexity index is 1610. The standard InChI is InChI=1S/C58H108O17P2/c1-6-10-13-16-17-18-19-20-21-22-23-24-29-34-39-44-58(63)75-54(48-69-56(61)42-37-33-28-26-25-27-32-35-40-51(5)9-4)50-73-77(66,67)71-46-52(59)45-70-76(64,65)72-49-53(74-57(62)43-38-31-15-12-8-3)47-68-55(60)41-36-30-14-11-7-2/h18-21,51-54,59H,6-17,22-50H2,1-5H3,(H,64,65)(H,66,67)/b19-18-,21-20-/t51?,52-,53+,54+/m0/s1. The van der Waals surface area contributed by atoms with Gasteiger partial charge in [-0.25, -0.2) is 9.13 Å². The molecule has 0 spiro atoms. The van der Waals surface area contributed by atoms with Crippen LogP contribution in [0.5, 0.6) is 0 Å². The van der Waals surface area contributed by atoms with Gasteiger partial charge in [0.05, 0.1) is 26.4 Å². The fourth-order valence-electron chi connectivity index (χ4n) is 7.95. The van der Waals surface area contributed by atoms with Crippen LogP contribution in [0.25, 0.3) is 0 Å². The quantitative estimate of drug-likeness (QED) is 0.0169. The minimum Gasteiger partial charge on any atom is -0.462 e. The molecule has 452 valence electrons. The van der Waals surface area contributed by atoms with Gasteiger partial charge in [0.25, 0.3) is 0 Å². The van der Waals surface area contributed by atoms with Crippen LogP contribution in [0.15, 0.2) is 24.3 Å². The van der Waals surface area contributed by atoms with Crippen LogP contribution in [0.3, 0.4) is 0 Å². The molecule has 0 aliphatic rings. The van der Waals surface area contributed by atoms with Crippen molar-refractivity contribution in [3.63, 3.8) is 0 Å². The van der Waals surface area contributed by atoms with Crippen LogP contribution in [0.2, 0.25) is 0 Å². The van der Waals surface area contributed by atoms with E-state index in [1.807, 2.05) is 0 Å². The van der Waals surface area contributed by atoms with Crippen LogP contribution >= 0.6 is 15.6 Å². The summed E-state index contributed by atoms with van der Waals surface area (Å²) in [5.41, 5.74) is 0. The first-order valence-electron chi connectivity index (χ1n) is 30.0. The normalized spacial score (nSPS) is 15.0. The van der Waals surface area contributed by atoms with Crippen LogP contribution in [0.1, 0.15) is 259 Å². The number of carbonyl (C=O) groups is 4. The van der Waals surface area contributed by atoms with Gasteiger partial charge in [-0.2, -0.15) is 0 Å². The smallest absolute Gasteiger partial charge is 0.462 e. The van der Waals surface area contributed by atoms with E-state index in [0.29, 0.717) is 25.7 Å². The van der Waals surface area contributed by atoms with Gasteiger partial charge in [-0.1, -0.05) is 207 Å². The summed E-state index contributed by atoms with van der Waals surface area (Å²) < 4.78 is 67.3. The topological polar surface area (TPSA) is 237 Å². The van der Waals surface area contributed by atoms with E-state index in [2.05, 4.69) is 58.9 Å². The summed E-state index contributed by atoms with van der Waals surface area (Å²) >= 11 is 0. The van der Waals surface area contributed by atoms with Gasteiger partial charge in [0.2, 0.25) is 0 Å². The largest absolute Gasteiger partial charge is 0.472 e. The summed E-state index contributed by atoms with van der Waals surface area (Å²) in [5, 5.41) is 10.4. The van der Waals surface area contributed by atoms with Gasteiger partial charge >= 0.3 is 39.5 Å². The van der Waals surface area contributed by atoms with Crippen molar-refractivity contribution in [2.45, 2.75) is 278 Å². The van der Waals surface area contributed by atoms with Crippen molar-refractivity contribution < 1.29 is 80.2 Å². The van der Waals surface area contributed by atoms with Crippen LogP contribution < -0.4 is 0 Å². The van der Waals surface area contributed by atoms with Crippen molar-refractivity contribution in [2.75, 3.05) is 39.6 Å². The number of phosphoric ester groups is 2. The first kappa shape index (κ1) is 74.5. The Morgan fingerprint density at radius 2 is 0.727 bits per heavy atom. The molecule has 0 aromatic heterocycles. The molecular formula is C58H108O17P2. The highest BCUT2D eigenvalue weighted by Gasteiger charge is 2.30. The lowest BCUT2D eigenvalue weighted by molar-refractivity contribution is -0.161. The average Bonchev–Trinajstić information content (AvgIpc) is 3.40. The van der Waals surface area contributed by atoms with E-state index in [1.165, 1.54) is 64.2 Å². The third-order valence-corrected chi connectivity index (χ3v) is 14.9. The molecule has 0 rings (SSSR count). The molecule has 6 atom stereocenters. The highest BCUT2D eigenvalue weighted by Crippen LogP contribution is 2.45. The van der Waals surface area contributed by atoms with Gasteiger partial charge in [-0.15, -0.1) is 0 Å². The Morgan fingerprint density at radius 3 is 1.10 bits per heavy atom. The second-order valence-corrected chi connectivity index (χ2v) is 23.5. The maximum atomic E-state index is 12.9. The second kappa shape index (κ2) is 51.7. The lowest BCUT2D eigenvalue weighted by atomic mass is 9.99. The number of carbonyl (C=O) groups excluding carboxylic acids is 4. The van der Waals surface area contributed by atoms with E-state index in [4.69, 9.17) is 37.0 Å². The van der Waals surface area contributed by atoms with Crippen molar-refractivity contribution in [3.05, 3.63) is 24.3 Å². The zero-order chi connectivity index (χ0) is 57.1. The predicted octanol–water partition coefficient (Wildman–Crippen LogP) is 15.0. The minimum atomic E-state index is -4.94. The van der Waals surface area contributed by atoms with Gasteiger partial charge < -0.3 is 33.8 Å². The minimum absolute atomic E-state index is 0.0842. The monoisotopic (exact) mass is 1140 g/mol. The fourth-order valence-corrected chi connectivity index (χ4v) is 9.53. The molecule has 0 bridgehead atoms. The maximum Gasteiger partial charge on any atom is 0.472 e. The number of unbranched alkanes of at least 4 members (excludes halogenated alkanes) is 24. The zero-order valence-corrected chi connectivity index (χ0v) is 50.4. The number of hydrogen-bond acceptors (Lipinski definition) is 15. The van der Waals surface area contributed by atoms with Crippen molar-refractivity contribution in [1.29, 1.82) is 0 Å². The first-order valence-corrected chi connectivity index (χ1v) is 33.0. The third-order valence-electron chi connectivity index (χ3n) is 13.0. The number of aliphatic hydroxyl groups is 1. The molecule has 0 aromatic carbocycles. The Labute approximate surface area is 465 Å². The van der Waals surface area contributed by atoms with Crippen molar-refractivity contribution in [1.82, 2.24) is 0 Å². The van der Waals surface area contributed by atoms with Crippen molar-refractivity contribution in [3.8, 4) is 0 Å². The van der Waals surface area contributed by atoms with E-state index >= 15 is 0 Å². The Hall–Kier alpha value is -2.46. The average molecular weight is 1140 g/mol. The molecule has 3 N–H and O–H groups in total. The predicted molar refractivity (Wildman–Crippen MR) is 303 cm³/mol. The van der Waals surface area contributed by atoms with Crippen LogP contribution in [-0.2, 0) is 65.4 Å². The molecule has 0 aliphatic heterocycles. The molecule has 0 aromatic rings. The maximum absolute atomic E-state index is 12.9. The Balaban J connectivity index is 5.18. The lowest BCUT2D eigenvalue weighted by Gasteiger charge is -2.21. The lowest BCUT2D eigenvalue weighted by Crippen LogP contribution is -2.30. The molecule has 0 saturated carbocycles. The van der Waals surface area contributed by atoms with E-state index in [0.717, 1.165) is 115 Å². The molecule has 19 heteroatoms. The van der Waals surface area contributed by atoms with Gasteiger partial charge in [0.1, 0.15) is 19.3 Å².